The Bertz CT molecular complexity index is 340. The van der Waals surface area contributed by atoms with Gasteiger partial charge in [-0.05, 0) is 36.4 Å². The van der Waals surface area contributed by atoms with Crippen LogP contribution in [0.2, 0.25) is 0 Å². The van der Waals surface area contributed by atoms with E-state index in [-0.39, 0.29) is 0 Å². The summed E-state index contributed by atoms with van der Waals surface area (Å²) in [6.07, 6.45) is 4.02. The molecule has 0 spiro atoms. The van der Waals surface area contributed by atoms with Crippen molar-refractivity contribution in [3.8, 4) is 0 Å². The van der Waals surface area contributed by atoms with Gasteiger partial charge in [0.1, 0.15) is 0 Å². The van der Waals surface area contributed by atoms with Crippen molar-refractivity contribution >= 4 is 11.8 Å². The summed E-state index contributed by atoms with van der Waals surface area (Å²) in [5, 5.41) is 3.14. The molecule has 0 atom stereocenters. The molecule has 0 fully saturated rings. The number of nitrogen functional groups attached to an aromatic ring is 1. The zero-order chi connectivity index (χ0) is 8.55. The number of nitrogens with two attached hydrogens (primary N) is 1. The lowest BCUT2D eigenvalue weighted by atomic mass is 10.0. The highest BCUT2D eigenvalue weighted by atomic mass is 14.8. The molecule has 1 aliphatic heterocycles. The number of nitrogens with one attached hydrogen (secondary N) is 1. The molecule has 0 aliphatic carbocycles. The molecule has 0 aromatic heterocycles. The van der Waals surface area contributed by atoms with Crippen LogP contribution in [0.5, 0.6) is 0 Å². The molecule has 2 rings (SSSR count). The van der Waals surface area contributed by atoms with Crippen molar-refractivity contribution in [1.29, 1.82) is 0 Å². The lowest BCUT2D eigenvalue weighted by Gasteiger charge is -2.15. The van der Waals surface area contributed by atoms with E-state index < -0.39 is 0 Å². The van der Waals surface area contributed by atoms with Crippen LogP contribution >= 0.6 is 0 Å². The van der Waals surface area contributed by atoms with E-state index >= 15 is 0 Å². The Hall–Kier alpha value is -1.44. The van der Waals surface area contributed by atoms with Gasteiger partial charge in [-0.15, -0.1) is 0 Å². The quantitative estimate of drug-likeness (QED) is 0.566. The van der Waals surface area contributed by atoms with Gasteiger partial charge in [0.25, 0.3) is 0 Å². The Morgan fingerprint density at radius 2 is 2.25 bits per heavy atom. The van der Waals surface area contributed by atoms with Gasteiger partial charge in [-0.1, -0.05) is 6.07 Å². The van der Waals surface area contributed by atoms with E-state index in [0.29, 0.717) is 0 Å². The molecule has 3 N–H and O–H groups in total. The summed E-state index contributed by atoms with van der Waals surface area (Å²) in [4.78, 5) is 0. The molecule has 1 aromatic rings. The third kappa shape index (κ3) is 1.05. The van der Waals surface area contributed by atoms with Crippen LogP contribution in [0.1, 0.15) is 16.7 Å². The smallest absolute Gasteiger partial charge is 0.0421 e. The number of aryl methyl sites for hydroxylation is 1. The van der Waals surface area contributed by atoms with Gasteiger partial charge >= 0.3 is 0 Å². The van der Waals surface area contributed by atoms with Gasteiger partial charge < -0.3 is 11.1 Å². The second-order valence-electron chi connectivity index (χ2n) is 3.14. The highest BCUT2D eigenvalue weighted by Crippen LogP contribution is 2.22. The van der Waals surface area contributed by atoms with Crippen molar-refractivity contribution in [2.75, 3.05) is 5.73 Å². The number of hydrogen-bond acceptors (Lipinski definition) is 2. The summed E-state index contributed by atoms with van der Waals surface area (Å²) >= 11 is 0. The molecule has 0 unspecified atom stereocenters. The average Bonchev–Trinajstić information content (AvgIpc) is 2.04. The molecule has 62 valence electrons. The Morgan fingerprint density at radius 3 is 3.08 bits per heavy atom. The van der Waals surface area contributed by atoms with Crippen molar-refractivity contribution in [1.82, 2.24) is 5.32 Å². The van der Waals surface area contributed by atoms with E-state index in [2.05, 4.69) is 24.4 Å². The van der Waals surface area contributed by atoms with E-state index in [1.165, 1.54) is 16.7 Å². The third-order valence-electron chi connectivity index (χ3n) is 2.12. The molecule has 0 amide bonds. The van der Waals surface area contributed by atoms with Crippen LogP contribution in [-0.4, -0.2) is 0 Å². The molecular weight excluding hydrogens is 148 g/mol. The molecular formula is C10H12N2. The third-order valence-corrected chi connectivity index (χ3v) is 2.12. The molecule has 0 radical (unpaired) electrons. The minimum absolute atomic E-state index is 0.845. The lowest BCUT2D eigenvalue weighted by molar-refractivity contribution is 0.861. The van der Waals surface area contributed by atoms with Crippen LogP contribution in [0.4, 0.5) is 5.69 Å². The summed E-state index contributed by atoms with van der Waals surface area (Å²) in [5.41, 5.74) is 10.4. The van der Waals surface area contributed by atoms with Gasteiger partial charge in [-0.25, -0.2) is 0 Å². The lowest BCUT2D eigenvalue weighted by Crippen LogP contribution is -2.12. The topological polar surface area (TPSA) is 38.0 Å². The zero-order valence-electron chi connectivity index (χ0n) is 7.09. The SMILES string of the molecule is Cc1cc(N)c2c(c1)C=CNC2. The fraction of sp³-hybridized carbons (Fsp3) is 0.200. The normalized spacial score (nSPS) is 13.8. The molecule has 0 saturated carbocycles. The summed E-state index contributed by atoms with van der Waals surface area (Å²) < 4.78 is 0. The van der Waals surface area contributed by atoms with Crippen molar-refractivity contribution < 1.29 is 0 Å². The van der Waals surface area contributed by atoms with Crippen molar-refractivity contribution in [2.24, 2.45) is 0 Å². The van der Waals surface area contributed by atoms with Gasteiger partial charge in [0.05, 0.1) is 0 Å². The van der Waals surface area contributed by atoms with Gasteiger partial charge in [-0.2, -0.15) is 0 Å². The first-order chi connectivity index (χ1) is 5.77. The van der Waals surface area contributed by atoms with Gasteiger partial charge in [0.2, 0.25) is 0 Å². The van der Waals surface area contributed by atoms with Gasteiger partial charge in [0.15, 0.2) is 0 Å². The van der Waals surface area contributed by atoms with Gasteiger partial charge in [-0.3, -0.25) is 0 Å². The monoisotopic (exact) mass is 160 g/mol. The first-order valence-electron chi connectivity index (χ1n) is 4.06. The van der Waals surface area contributed by atoms with E-state index in [4.69, 9.17) is 5.73 Å². The number of benzene rings is 1. The fourth-order valence-electron chi connectivity index (χ4n) is 1.54. The van der Waals surface area contributed by atoms with Crippen LogP contribution < -0.4 is 11.1 Å². The first-order valence-corrected chi connectivity index (χ1v) is 4.06. The minimum atomic E-state index is 0.845. The maximum absolute atomic E-state index is 5.87. The number of hydrogen-bond donors (Lipinski definition) is 2. The minimum Gasteiger partial charge on any atom is -0.398 e. The molecule has 1 aliphatic rings. The standard InChI is InChI=1S/C10H12N2/c1-7-4-8-2-3-12-6-9(8)10(11)5-7/h2-5,12H,6,11H2,1H3. The van der Waals surface area contributed by atoms with E-state index in [9.17, 15) is 0 Å². The number of anilines is 1. The highest BCUT2D eigenvalue weighted by molar-refractivity contribution is 5.65. The maximum Gasteiger partial charge on any atom is 0.0421 e. The summed E-state index contributed by atoms with van der Waals surface area (Å²) in [7, 11) is 0. The summed E-state index contributed by atoms with van der Waals surface area (Å²) in [5.74, 6) is 0. The molecule has 0 bridgehead atoms. The zero-order valence-corrected chi connectivity index (χ0v) is 7.09. The molecule has 2 heteroatoms. The van der Waals surface area contributed by atoms with Gasteiger partial charge in [0, 0.05) is 17.8 Å². The van der Waals surface area contributed by atoms with E-state index in [1.807, 2.05) is 12.3 Å². The number of fused-ring (bicyclic) bond motifs is 1. The first kappa shape index (κ1) is 7.22. The predicted molar refractivity (Wildman–Crippen MR) is 51.5 cm³/mol. The molecule has 1 aromatic carbocycles. The Morgan fingerprint density at radius 1 is 1.42 bits per heavy atom. The molecule has 12 heavy (non-hydrogen) atoms. The van der Waals surface area contributed by atoms with Crippen LogP contribution in [0.25, 0.3) is 6.08 Å². The highest BCUT2D eigenvalue weighted by Gasteiger charge is 2.07. The second-order valence-corrected chi connectivity index (χ2v) is 3.14. The van der Waals surface area contributed by atoms with Crippen LogP contribution in [0.3, 0.4) is 0 Å². The number of rotatable bonds is 0. The fourth-order valence-corrected chi connectivity index (χ4v) is 1.54. The predicted octanol–water partition coefficient (Wildman–Crippen LogP) is 1.65. The largest absolute Gasteiger partial charge is 0.398 e. The molecule has 1 heterocycles. The van der Waals surface area contributed by atoms with Crippen LogP contribution in [0, 0.1) is 6.92 Å². The van der Waals surface area contributed by atoms with Crippen molar-refractivity contribution in [2.45, 2.75) is 13.5 Å². The second kappa shape index (κ2) is 2.55. The van der Waals surface area contributed by atoms with Crippen molar-refractivity contribution in [3.63, 3.8) is 0 Å². The summed E-state index contributed by atoms with van der Waals surface area (Å²) in [6, 6.07) is 4.17. The maximum atomic E-state index is 5.87. The Balaban J connectivity index is 2.62. The van der Waals surface area contributed by atoms with Crippen LogP contribution in [0.15, 0.2) is 18.3 Å². The molecule has 2 nitrogen and oxygen atoms in total. The Labute approximate surface area is 72.1 Å². The Kier molecular flexibility index (Phi) is 1.54. The van der Waals surface area contributed by atoms with Crippen LogP contribution in [-0.2, 0) is 6.54 Å². The average molecular weight is 160 g/mol. The van der Waals surface area contributed by atoms with Crippen molar-refractivity contribution in [3.05, 3.63) is 35.0 Å². The molecule has 0 saturated heterocycles. The van der Waals surface area contributed by atoms with E-state index in [1.54, 1.807) is 0 Å². The summed E-state index contributed by atoms with van der Waals surface area (Å²) in [6.45, 7) is 2.91. The van der Waals surface area contributed by atoms with E-state index in [0.717, 1.165) is 12.2 Å².